The molecule has 3 unspecified atom stereocenters. The first-order chi connectivity index (χ1) is 10.1. The molecule has 1 aromatic rings. The first-order valence-electron chi connectivity index (χ1n) is 7.37. The molecule has 0 heterocycles. The number of rotatable bonds is 6. The van der Waals surface area contributed by atoms with Crippen LogP contribution in [0.1, 0.15) is 38.2 Å². The van der Waals surface area contributed by atoms with E-state index in [0.29, 0.717) is 12.5 Å². The van der Waals surface area contributed by atoms with Crippen molar-refractivity contribution in [2.75, 3.05) is 6.61 Å². The number of carbonyl (C=O) groups excluding carboxylic acids is 2. The highest BCUT2D eigenvalue weighted by Crippen LogP contribution is 2.40. The molecule has 0 bridgehead atoms. The summed E-state index contributed by atoms with van der Waals surface area (Å²) >= 11 is 0. The zero-order chi connectivity index (χ0) is 15.2. The van der Waals surface area contributed by atoms with E-state index >= 15 is 0 Å². The fourth-order valence-corrected chi connectivity index (χ4v) is 2.38. The van der Waals surface area contributed by atoms with Gasteiger partial charge in [-0.3, -0.25) is 4.79 Å². The number of urea groups is 1. The fourth-order valence-electron chi connectivity index (χ4n) is 2.38. The van der Waals surface area contributed by atoms with Crippen molar-refractivity contribution < 1.29 is 14.3 Å². The lowest BCUT2D eigenvalue weighted by atomic mass is 10.1. The van der Waals surface area contributed by atoms with E-state index in [-0.39, 0.29) is 30.5 Å². The van der Waals surface area contributed by atoms with E-state index in [1.54, 1.807) is 13.8 Å². The lowest BCUT2D eigenvalue weighted by Gasteiger charge is -2.14. The smallest absolute Gasteiger partial charge is 0.315 e. The predicted molar refractivity (Wildman–Crippen MR) is 80.0 cm³/mol. The molecule has 0 radical (unpaired) electrons. The van der Waals surface area contributed by atoms with Gasteiger partial charge >= 0.3 is 12.0 Å². The lowest BCUT2D eigenvalue weighted by molar-refractivity contribution is -0.143. The molecule has 0 aliphatic heterocycles. The summed E-state index contributed by atoms with van der Waals surface area (Å²) in [5, 5.41) is 5.70. The standard InChI is InChI=1S/C16H22N2O3/c1-3-21-15(19)9-11(2)17-16(20)18-14-10-13(14)12-7-5-4-6-8-12/h4-8,11,13-14H,3,9-10H2,1-2H3,(H2,17,18,20). The van der Waals surface area contributed by atoms with Crippen LogP contribution in [0, 0.1) is 0 Å². The SMILES string of the molecule is CCOC(=O)CC(C)NC(=O)NC1CC1c1ccccc1. The predicted octanol–water partition coefficient (Wildman–Crippen LogP) is 2.18. The molecule has 2 N–H and O–H groups in total. The highest BCUT2D eigenvalue weighted by atomic mass is 16.5. The van der Waals surface area contributed by atoms with Gasteiger partial charge in [0.25, 0.3) is 0 Å². The molecular formula is C16H22N2O3. The number of nitrogens with one attached hydrogen (secondary N) is 2. The summed E-state index contributed by atoms with van der Waals surface area (Å²) in [7, 11) is 0. The van der Waals surface area contributed by atoms with Crippen molar-refractivity contribution in [1.29, 1.82) is 0 Å². The molecule has 2 rings (SSSR count). The summed E-state index contributed by atoms with van der Waals surface area (Å²) in [6, 6.07) is 9.87. The zero-order valence-electron chi connectivity index (χ0n) is 12.5. The minimum atomic E-state index is -0.293. The monoisotopic (exact) mass is 290 g/mol. The van der Waals surface area contributed by atoms with Crippen LogP contribution >= 0.6 is 0 Å². The molecule has 1 fully saturated rings. The third kappa shape index (κ3) is 4.77. The van der Waals surface area contributed by atoms with Gasteiger partial charge in [0.05, 0.1) is 13.0 Å². The van der Waals surface area contributed by atoms with E-state index in [1.807, 2.05) is 18.2 Å². The molecule has 0 saturated heterocycles. The van der Waals surface area contributed by atoms with Crippen LogP contribution in [0.5, 0.6) is 0 Å². The van der Waals surface area contributed by atoms with Gasteiger partial charge in [-0.25, -0.2) is 4.79 Å². The Kier molecular flexibility index (Phi) is 5.20. The summed E-state index contributed by atoms with van der Waals surface area (Å²) in [5.41, 5.74) is 1.25. The molecule has 0 aromatic heterocycles. The summed E-state index contributed by atoms with van der Waals surface area (Å²) < 4.78 is 4.85. The Labute approximate surface area is 125 Å². The van der Waals surface area contributed by atoms with Gasteiger partial charge in [0, 0.05) is 18.0 Å². The second-order valence-corrected chi connectivity index (χ2v) is 5.39. The largest absolute Gasteiger partial charge is 0.466 e. The van der Waals surface area contributed by atoms with Crippen molar-refractivity contribution in [3.8, 4) is 0 Å². The summed E-state index contributed by atoms with van der Waals surface area (Å²) in [4.78, 5) is 23.2. The molecule has 1 saturated carbocycles. The molecular weight excluding hydrogens is 268 g/mol. The Morgan fingerprint density at radius 2 is 2.05 bits per heavy atom. The first-order valence-corrected chi connectivity index (χ1v) is 7.37. The van der Waals surface area contributed by atoms with E-state index in [4.69, 9.17) is 4.74 Å². The number of hydrogen-bond donors (Lipinski definition) is 2. The fraction of sp³-hybridized carbons (Fsp3) is 0.500. The first kappa shape index (κ1) is 15.4. The minimum Gasteiger partial charge on any atom is -0.466 e. The molecule has 21 heavy (non-hydrogen) atoms. The van der Waals surface area contributed by atoms with Gasteiger partial charge in [0.2, 0.25) is 0 Å². The number of esters is 1. The molecule has 5 heteroatoms. The minimum absolute atomic E-state index is 0.183. The van der Waals surface area contributed by atoms with Crippen molar-refractivity contribution in [2.45, 2.75) is 44.7 Å². The van der Waals surface area contributed by atoms with E-state index < -0.39 is 0 Å². The van der Waals surface area contributed by atoms with Gasteiger partial charge in [0.15, 0.2) is 0 Å². The van der Waals surface area contributed by atoms with Crippen LogP contribution in [-0.2, 0) is 9.53 Å². The average molecular weight is 290 g/mol. The molecule has 3 atom stereocenters. The number of ether oxygens (including phenoxy) is 1. The second-order valence-electron chi connectivity index (χ2n) is 5.39. The third-order valence-corrected chi connectivity index (χ3v) is 3.49. The van der Waals surface area contributed by atoms with Crippen molar-refractivity contribution in [1.82, 2.24) is 10.6 Å². The van der Waals surface area contributed by atoms with E-state index in [9.17, 15) is 9.59 Å². The molecule has 2 amide bonds. The van der Waals surface area contributed by atoms with E-state index in [2.05, 4.69) is 22.8 Å². The van der Waals surface area contributed by atoms with Gasteiger partial charge in [-0.1, -0.05) is 30.3 Å². The quantitative estimate of drug-likeness (QED) is 0.789. The third-order valence-electron chi connectivity index (χ3n) is 3.49. The van der Waals surface area contributed by atoms with Gasteiger partial charge < -0.3 is 15.4 Å². The van der Waals surface area contributed by atoms with Crippen LogP contribution in [0.2, 0.25) is 0 Å². The van der Waals surface area contributed by atoms with Crippen molar-refractivity contribution in [2.24, 2.45) is 0 Å². The maximum absolute atomic E-state index is 11.8. The van der Waals surface area contributed by atoms with Crippen LogP contribution in [0.3, 0.4) is 0 Å². The van der Waals surface area contributed by atoms with Crippen LogP contribution < -0.4 is 10.6 Å². The highest BCUT2D eigenvalue weighted by molar-refractivity contribution is 5.76. The van der Waals surface area contributed by atoms with Crippen LogP contribution in [0.25, 0.3) is 0 Å². The number of amides is 2. The average Bonchev–Trinajstić information content (AvgIpc) is 3.18. The number of hydrogen-bond acceptors (Lipinski definition) is 3. The maximum Gasteiger partial charge on any atom is 0.315 e. The highest BCUT2D eigenvalue weighted by Gasteiger charge is 2.39. The Morgan fingerprint density at radius 1 is 1.33 bits per heavy atom. The zero-order valence-corrected chi connectivity index (χ0v) is 12.5. The Hall–Kier alpha value is -2.04. The number of benzene rings is 1. The van der Waals surface area contributed by atoms with Crippen molar-refractivity contribution in [3.05, 3.63) is 35.9 Å². The van der Waals surface area contributed by atoms with E-state index in [0.717, 1.165) is 6.42 Å². The van der Waals surface area contributed by atoms with Gasteiger partial charge in [-0.15, -0.1) is 0 Å². The molecule has 5 nitrogen and oxygen atoms in total. The Balaban J connectivity index is 1.70. The second kappa shape index (κ2) is 7.11. The van der Waals surface area contributed by atoms with Gasteiger partial charge in [-0.05, 0) is 25.8 Å². The Morgan fingerprint density at radius 3 is 2.71 bits per heavy atom. The lowest BCUT2D eigenvalue weighted by Crippen LogP contribution is -2.43. The number of carbonyl (C=O) groups is 2. The molecule has 1 aliphatic rings. The van der Waals surface area contributed by atoms with Crippen LogP contribution in [0.15, 0.2) is 30.3 Å². The van der Waals surface area contributed by atoms with Gasteiger partial charge in [-0.2, -0.15) is 0 Å². The summed E-state index contributed by atoms with van der Waals surface area (Å²) in [5.74, 6) is 0.108. The van der Waals surface area contributed by atoms with E-state index in [1.165, 1.54) is 5.56 Å². The maximum atomic E-state index is 11.8. The summed E-state index contributed by atoms with van der Waals surface area (Å²) in [6.07, 6.45) is 1.15. The molecule has 1 aliphatic carbocycles. The van der Waals surface area contributed by atoms with Crippen LogP contribution in [-0.4, -0.2) is 30.7 Å². The normalized spacial score (nSPS) is 21.2. The van der Waals surface area contributed by atoms with Crippen molar-refractivity contribution >= 4 is 12.0 Å². The van der Waals surface area contributed by atoms with Crippen LogP contribution in [0.4, 0.5) is 4.79 Å². The molecule has 114 valence electrons. The summed E-state index contributed by atoms with van der Waals surface area (Å²) in [6.45, 7) is 3.91. The van der Waals surface area contributed by atoms with Gasteiger partial charge in [0.1, 0.15) is 0 Å². The Bertz CT molecular complexity index is 490. The van der Waals surface area contributed by atoms with Crippen molar-refractivity contribution in [3.63, 3.8) is 0 Å². The molecule has 1 aromatic carbocycles. The topological polar surface area (TPSA) is 67.4 Å². The molecule has 0 spiro atoms.